The number of aromatic amines is 1. The summed E-state index contributed by atoms with van der Waals surface area (Å²) in [5.74, 6) is -1.05. The van der Waals surface area contributed by atoms with E-state index in [1.54, 1.807) is 6.92 Å². The average molecular weight is 326 g/mol. The summed E-state index contributed by atoms with van der Waals surface area (Å²) in [6.45, 7) is 4.01. The third kappa shape index (κ3) is 4.07. The topological polar surface area (TPSA) is 117 Å². The van der Waals surface area contributed by atoms with Crippen molar-refractivity contribution in [3.05, 3.63) is 32.6 Å². The van der Waals surface area contributed by atoms with E-state index in [4.69, 9.17) is 14.2 Å². The molecule has 0 radical (unpaired) electrons. The summed E-state index contributed by atoms with van der Waals surface area (Å²) in [6.07, 6.45) is -0.734. The molecule has 2 heterocycles. The Balaban J connectivity index is 2.25. The molecule has 126 valence electrons. The molecule has 9 nitrogen and oxygen atoms in total. The van der Waals surface area contributed by atoms with Crippen LogP contribution in [0.2, 0.25) is 0 Å². The second kappa shape index (κ2) is 6.78. The largest absolute Gasteiger partial charge is 0.458 e. The van der Waals surface area contributed by atoms with Crippen LogP contribution in [-0.4, -0.2) is 40.3 Å². The van der Waals surface area contributed by atoms with E-state index in [0.717, 1.165) is 0 Å². The number of hydrogen-bond donors (Lipinski definition) is 1. The third-order valence-electron chi connectivity index (χ3n) is 3.39. The molecule has 2 rings (SSSR count). The minimum Gasteiger partial charge on any atom is -0.458 e. The Bertz CT molecular complexity index is 721. The van der Waals surface area contributed by atoms with Crippen molar-refractivity contribution >= 4 is 11.9 Å². The highest BCUT2D eigenvalue weighted by molar-refractivity contribution is 5.67. The van der Waals surface area contributed by atoms with Gasteiger partial charge in [0.25, 0.3) is 5.56 Å². The predicted octanol–water partition coefficient (Wildman–Crippen LogP) is -0.373. The maximum atomic E-state index is 11.9. The van der Waals surface area contributed by atoms with Gasteiger partial charge in [0.15, 0.2) is 6.10 Å². The number of esters is 2. The zero-order valence-corrected chi connectivity index (χ0v) is 13.0. The highest BCUT2D eigenvalue weighted by Crippen LogP contribution is 2.26. The first-order chi connectivity index (χ1) is 10.8. The molecule has 1 aliphatic rings. The smallest absolute Gasteiger partial charge is 0.330 e. The van der Waals surface area contributed by atoms with Gasteiger partial charge in [-0.25, -0.2) is 4.79 Å². The fraction of sp³-hybridized carbons (Fsp3) is 0.571. The standard InChI is InChI=1S/C14H18N2O7/c1-7-5-16(14(20)15-13(7)19)12-4-10(22-8(2)17)11(6-21-12)23-9(3)18/h5,10-12H,4,6H2,1-3H3,(H,15,19,20). The van der Waals surface area contributed by atoms with Crippen molar-refractivity contribution in [2.45, 2.75) is 45.6 Å². The van der Waals surface area contributed by atoms with Crippen LogP contribution in [0.15, 0.2) is 15.8 Å². The first kappa shape index (κ1) is 16.9. The quantitative estimate of drug-likeness (QED) is 0.753. The number of carbonyl (C=O) groups excluding carboxylic acids is 2. The van der Waals surface area contributed by atoms with Crippen LogP contribution in [0.1, 0.15) is 32.1 Å². The van der Waals surface area contributed by atoms with Crippen molar-refractivity contribution in [1.82, 2.24) is 9.55 Å². The van der Waals surface area contributed by atoms with Gasteiger partial charge in [-0.2, -0.15) is 0 Å². The van der Waals surface area contributed by atoms with Gasteiger partial charge in [-0.3, -0.25) is 23.9 Å². The lowest BCUT2D eigenvalue weighted by molar-refractivity contribution is -0.195. The fourth-order valence-corrected chi connectivity index (χ4v) is 2.39. The summed E-state index contributed by atoms with van der Waals surface area (Å²) in [5.41, 5.74) is -0.756. The number of aryl methyl sites for hydroxylation is 1. The van der Waals surface area contributed by atoms with Gasteiger partial charge in [-0.1, -0.05) is 0 Å². The van der Waals surface area contributed by atoms with Crippen LogP contribution in [0, 0.1) is 6.92 Å². The Morgan fingerprint density at radius 1 is 1.22 bits per heavy atom. The molecule has 1 aromatic rings. The van der Waals surface area contributed by atoms with Crippen LogP contribution in [0.3, 0.4) is 0 Å². The summed E-state index contributed by atoms with van der Waals surface area (Å²) in [5, 5.41) is 0. The molecule has 0 saturated carbocycles. The zero-order chi connectivity index (χ0) is 17.1. The Kier molecular flexibility index (Phi) is 4.99. The molecule has 1 aliphatic heterocycles. The first-order valence-electron chi connectivity index (χ1n) is 7.06. The molecule has 1 N–H and O–H groups in total. The highest BCUT2D eigenvalue weighted by atomic mass is 16.6. The van der Waals surface area contributed by atoms with Crippen molar-refractivity contribution in [3.8, 4) is 0 Å². The van der Waals surface area contributed by atoms with E-state index in [2.05, 4.69) is 4.98 Å². The van der Waals surface area contributed by atoms with E-state index in [0.29, 0.717) is 5.56 Å². The number of hydrogen-bond acceptors (Lipinski definition) is 7. The molecule has 3 unspecified atom stereocenters. The summed E-state index contributed by atoms with van der Waals surface area (Å²) in [6, 6.07) is 0. The van der Waals surface area contributed by atoms with Crippen molar-refractivity contribution in [2.75, 3.05) is 6.61 Å². The second-order valence-corrected chi connectivity index (χ2v) is 5.30. The maximum Gasteiger partial charge on any atom is 0.330 e. The van der Waals surface area contributed by atoms with Crippen LogP contribution >= 0.6 is 0 Å². The predicted molar refractivity (Wildman–Crippen MR) is 76.8 cm³/mol. The molecule has 0 amide bonds. The van der Waals surface area contributed by atoms with Gasteiger partial charge in [0.1, 0.15) is 12.3 Å². The molecule has 1 fully saturated rings. The number of aromatic nitrogens is 2. The number of nitrogens with zero attached hydrogens (tertiary/aromatic N) is 1. The van der Waals surface area contributed by atoms with Gasteiger partial charge in [0.05, 0.1) is 6.61 Å². The molecule has 1 aromatic heterocycles. The maximum absolute atomic E-state index is 11.9. The highest BCUT2D eigenvalue weighted by Gasteiger charge is 2.37. The lowest BCUT2D eigenvalue weighted by Gasteiger charge is -2.35. The molecule has 0 spiro atoms. The number of H-pyrrole nitrogens is 1. The van der Waals surface area contributed by atoms with Crippen molar-refractivity contribution in [1.29, 1.82) is 0 Å². The Morgan fingerprint density at radius 3 is 2.43 bits per heavy atom. The Labute approximate surface area is 131 Å². The molecular weight excluding hydrogens is 308 g/mol. The first-order valence-corrected chi connectivity index (χ1v) is 7.06. The molecule has 9 heteroatoms. The lowest BCUT2D eigenvalue weighted by Crippen LogP contribution is -2.46. The number of carbonyl (C=O) groups is 2. The second-order valence-electron chi connectivity index (χ2n) is 5.30. The summed E-state index contributed by atoms with van der Waals surface area (Å²) in [7, 11) is 0. The third-order valence-corrected chi connectivity index (χ3v) is 3.39. The molecule has 0 bridgehead atoms. The number of nitrogens with one attached hydrogen (secondary N) is 1. The van der Waals surface area contributed by atoms with Crippen LogP contribution in [-0.2, 0) is 23.8 Å². The summed E-state index contributed by atoms with van der Waals surface area (Å²) >= 11 is 0. The monoisotopic (exact) mass is 326 g/mol. The Morgan fingerprint density at radius 2 is 1.83 bits per heavy atom. The van der Waals surface area contributed by atoms with Crippen LogP contribution in [0.25, 0.3) is 0 Å². The Hall–Kier alpha value is -2.42. The van der Waals surface area contributed by atoms with Gasteiger partial charge in [0, 0.05) is 32.0 Å². The summed E-state index contributed by atoms with van der Waals surface area (Å²) < 4.78 is 17.0. The van der Waals surface area contributed by atoms with E-state index in [1.807, 2.05) is 0 Å². The molecular formula is C14H18N2O7. The van der Waals surface area contributed by atoms with Gasteiger partial charge in [0.2, 0.25) is 0 Å². The SMILES string of the molecule is CC(=O)OC1COC(n2cc(C)c(=O)[nH]c2=O)CC1OC(C)=O. The van der Waals surface area contributed by atoms with E-state index < -0.39 is 41.6 Å². The van der Waals surface area contributed by atoms with Gasteiger partial charge in [-0.05, 0) is 6.92 Å². The van der Waals surface area contributed by atoms with E-state index >= 15 is 0 Å². The minimum absolute atomic E-state index is 0.0349. The lowest BCUT2D eigenvalue weighted by atomic mass is 10.1. The van der Waals surface area contributed by atoms with Crippen LogP contribution in [0.4, 0.5) is 0 Å². The zero-order valence-electron chi connectivity index (χ0n) is 13.0. The van der Waals surface area contributed by atoms with Crippen LogP contribution < -0.4 is 11.2 Å². The summed E-state index contributed by atoms with van der Waals surface area (Å²) in [4.78, 5) is 47.9. The minimum atomic E-state index is -0.743. The van der Waals surface area contributed by atoms with Crippen LogP contribution in [0.5, 0.6) is 0 Å². The van der Waals surface area contributed by atoms with Gasteiger partial charge >= 0.3 is 17.6 Å². The van der Waals surface area contributed by atoms with Gasteiger partial charge < -0.3 is 14.2 Å². The van der Waals surface area contributed by atoms with Crippen molar-refractivity contribution in [2.24, 2.45) is 0 Å². The van der Waals surface area contributed by atoms with E-state index in [-0.39, 0.29) is 13.0 Å². The van der Waals surface area contributed by atoms with Gasteiger partial charge in [-0.15, -0.1) is 0 Å². The molecule has 3 atom stereocenters. The van der Waals surface area contributed by atoms with Crippen molar-refractivity contribution < 1.29 is 23.8 Å². The van der Waals surface area contributed by atoms with Crippen molar-refractivity contribution in [3.63, 3.8) is 0 Å². The molecule has 23 heavy (non-hydrogen) atoms. The number of ether oxygens (including phenoxy) is 3. The number of rotatable bonds is 3. The molecule has 0 aliphatic carbocycles. The normalized spacial score (nSPS) is 24.0. The fourth-order valence-electron chi connectivity index (χ4n) is 2.39. The molecule has 1 saturated heterocycles. The average Bonchev–Trinajstić information content (AvgIpc) is 2.44. The van der Waals surface area contributed by atoms with E-state index in [9.17, 15) is 19.2 Å². The molecule has 0 aromatic carbocycles. The van der Waals surface area contributed by atoms with E-state index in [1.165, 1.54) is 24.6 Å².